The van der Waals surface area contributed by atoms with Gasteiger partial charge in [0.25, 0.3) is 0 Å². The number of hydrogen-bond acceptors (Lipinski definition) is 8. The van der Waals surface area contributed by atoms with Crippen molar-refractivity contribution in [2.45, 2.75) is 0 Å². The standard InChI is InChI=1S/C22H15N5O3S/c1-29-17-12-10-15(11-13-17)21-25-24-20(31-21)14-6-8-16(9-7-14)22(28)30-27-19-5-3-2-4-18(19)23-26-27/h2-13H,1H3. The van der Waals surface area contributed by atoms with Gasteiger partial charge in [0.1, 0.15) is 26.8 Å². The lowest BCUT2D eigenvalue weighted by atomic mass is 10.1. The van der Waals surface area contributed by atoms with Gasteiger partial charge in [0, 0.05) is 11.1 Å². The van der Waals surface area contributed by atoms with Crippen molar-refractivity contribution in [3.05, 3.63) is 78.4 Å². The first kappa shape index (κ1) is 18.9. The molecule has 0 aliphatic rings. The number of carbonyl (C=O) groups excluding carboxylic acids is 1. The summed E-state index contributed by atoms with van der Waals surface area (Å²) in [6.07, 6.45) is 0. The molecule has 3 aromatic carbocycles. The Labute approximate surface area is 180 Å². The summed E-state index contributed by atoms with van der Waals surface area (Å²) in [4.78, 5) is 19.0. The van der Waals surface area contributed by atoms with Crippen LogP contribution in [-0.4, -0.2) is 38.4 Å². The van der Waals surface area contributed by atoms with Crippen LogP contribution >= 0.6 is 11.3 Å². The van der Waals surface area contributed by atoms with E-state index >= 15 is 0 Å². The third kappa shape index (κ3) is 3.74. The maximum atomic E-state index is 12.5. The first-order chi connectivity index (χ1) is 15.2. The van der Waals surface area contributed by atoms with Crippen LogP contribution < -0.4 is 9.57 Å². The number of hydrogen-bond donors (Lipinski definition) is 0. The van der Waals surface area contributed by atoms with E-state index in [1.165, 1.54) is 11.3 Å². The van der Waals surface area contributed by atoms with Gasteiger partial charge in [0.05, 0.1) is 12.7 Å². The molecular formula is C22H15N5O3S. The third-order valence-electron chi connectivity index (χ3n) is 4.62. The fourth-order valence-electron chi connectivity index (χ4n) is 2.99. The zero-order valence-corrected chi connectivity index (χ0v) is 17.1. The summed E-state index contributed by atoms with van der Waals surface area (Å²) in [5.41, 5.74) is 3.48. The van der Waals surface area contributed by atoms with Gasteiger partial charge in [0.2, 0.25) is 0 Å². The molecule has 2 aromatic heterocycles. The van der Waals surface area contributed by atoms with Crippen molar-refractivity contribution in [1.29, 1.82) is 0 Å². The highest BCUT2D eigenvalue weighted by molar-refractivity contribution is 7.17. The van der Waals surface area contributed by atoms with Crippen LogP contribution in [0.25, 0.3) is 32.2 Å². The second-order valence-corrected chi connectivity index (χ2v) is 7.53. The Morgan fingerprint density at radius 1 is 0.839 bits per heavy atom. The van der Waals surface area contributed by atoms with Crippen LogP contribution in [0.2, 0.25) is 0 Å². The summed E-state index contributed by atoms with van der Waals surface area (Å²) in [6, 6.07) is 21.9. The molecule has 152 valence electrons. The van der Waals surface area contributed by atoms with E-state index in [2.05, 4.69) is 20.5 Å². The average Bonchev–Trinajstić information content (AvgIpc) is 3.47. The summed E-state index contributed by atoms with van der Waals surface area (Å²) < 4.78 is 5.18. The minimum atomic E-state index is -0.529. The summed E-state index contributed by atoms with van der Waals surface area (Å²) in [7, 11) is 1.63. The Morgan fingerprint density at radius 3 is 2.16 bits per heavy atom. The predicted molar refractivity (Wildman–Crippen MR) is 116 cm³/mol. The van der Waals surface area contributed by atoms with E-state index in [4.69, 9.17) is 9.57 Å². The van der Waals surface area contributed by atoms with Gasteiger partial charge in [-0.2, -0.15) is 0 Å². The number of methoxy groups -OCH3 is 1. The number of carbonyl (C=O) groups is 1. The molecule has 0 saturated heterocycles. The maximum Gasteiger partial charge on any atom is 0.365 e. The zero-order valence-electron chi connectivity index (χ0n) is 16.3. The molecule has 5 rings (SSSR count). The molecule has 0 spiro atoms. The van der Waals surface area contributed by atoms with Gasteiger partial charge in [-0.25, -0.2) is 4.79 Å². The van der Waals surface area contributed by atoms with Crippen LogP contribution in [0.5, 0.6) is 5.75 Å². The molecule has 0 radical (unpaired) electrons. The lowest BCUT2D eigenvalue weighted by Crippen LogP contribution is -2.20. The van der Waals surface area contributed by atoms with Crippen molar-refractivity contribution in [2.24, 2.45) is 0 Å². The number of para-hydroxylation sites is 1. The van der Waals surface area contributed by atoms with Crippen LogP contribution in [0.3, 0.4) is 0 Å². The second kappa shape index (κ2) is 7.96. The molecule has 2 heterocycles. The average molecular weight is 429 g/mol. The molecule has 0 atom stereocenters. The summed E-state index contributed by atoms with van der Waals surface area (Å²) in [5, 5.41) is 17.9. The topological polar surface area (TPSA) is 92.0 Å². The predicted octanol–water partition coefficient (Wildman–Crippen LogP) is 3.89. The van der Waals surface area contributed by atoms with Gasteiger partial charge in [-0.1, -0.05) is 40.4 Å². The molecule has 31 heavy (non-hydrogen) atoms. The van der Waals surface area contributed by atoms with E-state index in [0.29, 0.717) is 16.6 Å². The Kier molecular flexibility index (Phi) is 4.85. The van der Waals surface area contributed by atoms with Crippen molar-refractivity contribution in [1.82, 2.24) is 25.4 Å². The van der Waals surface area contributed by atoms with Crippen molar-refractivity contribution in [3.63, 3.8) is 0 Å². The molecule has 0 amide bonds. The van der Waals surface area contributed by atoms with E-state index in [1.54, 1.807) is 31.4 Å². The number of benzene rings is 3. The fraction of sp³-hybridized carbons (Fsp3) is 0.0455. The second-order valence-electron chi connectivity index (χ2n) is 6.55. The van der Waals surface area contributed by atoms with E-state index in [-0.39, 0.29) is 0 Å². The Balaban J connectivity index is 1.33. The van der Waals surface area contributed by atoms with Crippen molar-refractivity contribution in [3.8, 4) is 26.9 Å². The Hall–Kier alpha value is -4.11. The minimum Gasteiger partial charge on any atom is -0.497 e. The summed E-state index contributed by atoms with van der Waals surface area (Å²) in [6.45, 7) is 0. The van der Waals surface area contributed by atoms with Crippen LogP contribution in [0.15, 0.2) is 72.8 Å². The molecule has 0 aliphatic heterocycles. The number of rotatable bonds is 5. The Bertz CT molecular complexity index is 1360. The molecule has 0 aliphatic carbocycles. The van der Waals surface area contributed by atoms with Crippen molar-refractivity contribution in [2.75, 3.05) is 7.11 Å². The summed E-state index contributed by atoms with van der Waals surface area (Å²) in [5.74, 6) is 0.258. The van der Waals surface area contributed by atoms with Gasteiger partial charge < -0.3 is 9.57 Å². The number of aromatic nitrogens is 5. The lowest BCUT2D eigenvalue weighted by Gasteiger charge is -2.04. The molecule has 0 fully saturated rings. The van der Waals surface area contributed by atoms with E-state index in [1.807, 2.05) is 48.5 Å². The van der Waals surface area contributed by atoms with Crippen LogP contribution in [0.1, 0.15) is 10.4 Å². The minimum absolute atomic E-state index is 0.392. The lowest BCUT2D eigenvalue weighted by molar-refractivity contribution is 0.0409. The third-order valence-corrected chi connectivity index (χ3v) is 5.64. The highest BCUT2D eigenvalue weighted by atomic mass is 32.1. The van der Waals surface area contributed by atoms with Crippen molar-refractivity contribution >= 4 is 28.3 Å². The van der Waals surface area contributed by atoms with Gasteiger partial charge in [-0.3, -0.25) is 0 Å². The maximum absolute atomic E-state index is 12.5. The van der Waals surface area contributed by atoms with Crippen molar-refractivity contribution < 1.29 is 14.4 Å². The van der Waals surface area contributed by atoms with Gasteiger partial charge in [-0.15, -0.1) is 15.3 Å². The Morgan fingerprint density at radius 2 is 1.48 bits per heavy atom. The largest absolute Gasteiger partial charge is 0.497 e. The van der Waals surface area contributed by atoms with E-state index < -0.39 is 5.97 Å². The smallest absolute Gasteiger partial charge is 0.365 e. The van der Waals surface area contributed by atoms with Gasteiger partial charge >= 0.3 is 5.97 Å². The molecular weight excluding hydrogens is 414 g/mol. The van der Waals surface area contributed by atoms with Crippen LogP contribution in [-0.2, 0) is 0 Å². The first-order valence-electron chi connectivity index (χ1n) is 9.33. The quantitative estimate of drug-likeness (QED) is 0.391. The normalized spacial score (nSPS) is 10.9. The van der Waals surface area contributed by atoms with Crippen LogP contribution in [0, 0.1) is 0 Å². The first-order valence-corrected chi connectivity index (χ1v) is 10.1. The molecule has 5 aromatic rings. The number of fused-ring (bicyclic) bond motifs is 1. The number of ether oxygens (including phenoxy) is 1. The van der Waals surface area contributed by atoms with E-state index in [0.717, 1.165) is 31.7 Å². The molecule has 8 nitrogen and oxygen atoms in total. The zero-order chi connectivity index (χ0) is 21.2. The molecule has 0 saturated carbocycles. The van der Waals surface area contributed by atoms with Gasteiger partial charge in [0.15, 0.2) is 0 Å². The molecule has 0 unspecified atom stereocenters. The van der Waals surface area contributed by atoms with Gasteiger partial charge in [-0.05, 0) is 53.7 Å². The summed E-state index contributed by atoms with van der Waals surface area (Å²) >= 11 is 1.47. The molecule has 0 bridgehead atoms. The fourth-order valence-corrected chi connectivity index (χ4v) is 3.84. The monoisotopic (exact) mass is 429 g/mol. The molecule has 0 N–H and O–H groups in total. The SMILES string of the molecule is COc1ccc(-c2nnc(-c3ccc(C(=O)On4nnc5ccccc54)cc3)s2)cc1. The van der Waals surface area contributed by atoms with E-state index in [9.17, 15) is 4.79 Å². The molecule has 9 heteroatoms. The highest BCUT2D eigenvalue weighted by Gasteiger charge is 2.14. The highest BCUT2D eigenvalue weighted by Crippen LogP contribution is 2.30. The van der Waals surface area contributed by atoms with Crippen LogP contribution in [0.4, 0.5) is 0 Å². The number of nitrogens with zero attached hydrogens (tertiary/aromatic N) is 5.